The van der Waals surface area contributed by atoms with Gasteiger partial charge in [0.05, 0.1) is 0 Å². The van der Waals surface area contributed by atoms with Crippen LogP contribution in [-0.2, 0) is 15.1 Å². The van der Waals surface area contributed by atoms with Crippen LogP contribution in [0.1, 0.15) is 25.8 Å². The number of anilines is 1. The molecule has 0 fully saturated rings. The molecule has 5 heteroatoms. The molecule has 110 valence electrons. The third-order valence-electron chi connectivity index (χ3n) is 3.53. The molecular formula is C15H22N2O3. The van der Waals surface area contributed by atoms with Crippen LogP contribution in [0.25, 0.3) is 0 Å². The third-order valence-corrected chi connectivity index (χ3v) is 3.53. The molecule has 0 aliphatic carbocycles. The maximum atomic E-state index is 11.7. The second-order valence-electron chi connectivity index (χ2n) is 5.12. The lowest BCUT2D eigenvalue weighted by Crippen LogP contribution is -2.49. The average Bonchev–Trinajstić information content (AvgIpc) is 2.43. The Morgan fingerprint density at radius 1 is 1.30 bits per heavy atom. The van der Waals surface area contributed by atoms with Crippen molar-refractivity contribution in [2.75, 3.05) is 25.5 Å². The summed E-state index contributed by atoms with van der Waals surface area (Å²) in [6.07, 6.45) is 1.31. The van der Waals surface area contributed by atoms with Crippen molar-refractivity contribution in [3.63, 3.8) is 0 Å². The number of carboxylic acid groups (broad SMARTS) is 1. The Kier molecular flexibility index (Phi) is 5.13. The molecule has 1 amide bonds. The van der Waals surface area contributed by atoms with Gasteiger partial charge in [-0.2, -0.15) is 0 Å². The van der Waals surface area contributed by atoms with Crippen LogP contribution < -0.4 is 4.90 Å². The zero-order chi connectivity index (χ0) is 15.3. The molecule has 0 bridgehead atoms. The fourth-order valence-electron chi connectivity index (χ4n) is 2.12. The van der Waals surface area contributed by atoms with Crippen molar-refractivity contribution in [2.45, 2.75) is 25.8 Å². The molecule has 20 heavy (non-hydrogen) atoms. The highest BCUT2D eigenvalue weighted by Crippen LogP contribution is 2.29. The van der Waals surface area contributed by atoms with E-state index in [1.807, 2.05) is 38.1 Å². The number of carbonyl (C=O) groups excluding carboxylic acids is 1. The zero-order valence-corrected chi connectivity index (χ0v) is 12.5. The molecule has 5 nitrogen and oxygen atoms in total. The Labute approximate surface area is 119 Å². The van der Waals surface area contributed by atoms with Crippen molar-refractivity contribution in [1.29, 1.82) is 0 Å². The summed E-state index contributed by atoms with van der Waals surface area (Å²) >= 11 is 0. The molecular weight excluding hydrogens is 256 g/mol. The van der Waals surface area contributed by atoms with Gasteiger partial charge in [-0.1, -0.05) is 19.1 Å². The fourth-order valence-corrected chi connectivity index (χ4v) is 2.12. The van der Waals surface area contributed by atoms with Crippen LogP contribution >= 0.6 is 0 Å². The summed E-state index contributed by atoms with van der Waals surface area (Å²) in [4.78, 5) is 26.2. The molecule has 1 aromatic rings. The number of benzene rings is 1. The van der Waals surface area contributed by atoms with Crippen LogP contribution in [0.5, 0.6) is 0 Å². The first kappa shape index (κ1) is 16.0. The summed E-state index contributed by atoms with van der Waals surface area (Å²) in [5, 5.41) is 9.58. The van der Waals surface area contributed by atoms with Crippen molar-refractivity contribution in [2.24, 2.45) is 0 Å². The van der Waals surface area contributed by atoms with Crippen molar-refractivity contribution < 1.29 is 14.7 Å². The number of hydrogen-bond acceptors (Lipinski definition) is 3. The predicted octanol–water partition coefficient (Wildman–Crippen LogP) is 1.92. The molecule has 0 heterocycles. The minimum absolute atomic E-state index is 0.404. The van der Waals surface area contributed by atoms with Crippen molar-refractivity contribution in [3.8, 4) is 0 Å². The van der Waals surface area contributed by atoms with E-state index in [1.54, 1.807) is 19.1 Å². The lowest BCUT2D eigenvalue weighted by molar-refractivity contribution is -0.154. The van der Waals surface area contributed by atoms with Gasteiger partial charge in [-0.25, -0.2) is 4.79 Å². The van der Waals surface area contributed by atoms with Crippen LogP contribution in [-0.4, -0.2) is 43.0 Å². The topological polar surface area (TPSA) is 60.9 Å². The van der Waals surface area contributed by atoms with Crippen molar-refractivity contribution >= 4 is 18.1 Å². The highest BCUT2D eigenvalue weighted by atomic mass is 16.4. The number of hydrogen-bond donors (Lipinski definition) is 1. The Morgan fingerprint density at radius 3 is 2.20 bits per heavy atom. The van der Waals surface area contributed by atoms with Gasteiger partial charge in [0.15, 0.2) is 5.54 Å². The van der Waals surface area contributed by atoms with E-state index in [4.69, 9.17) is 0 Å². The second kappa shape index (κ2) is 6.41. The van der Waals surface area contributed by atoms with Crippen molar-refractivity contribution in [3.05, 3.63) is 29.8 Å². The molecule has 0 aliphatic rings. The molecule has 0 saturated carbocycles. The van der Waals surface area contributed by atoms with Crippen LogP contribution in [0.4, 0.5) is 5.69 Å². The first-order valence-corrected chi connectivity index (χ1v) is 6.61. The molecule has 0 spiro atoms. The molecule has 0 saturated heterocycles. The summed E-state index contributed by atoms with van der Waals surface area (Å²) in [5.41, 5.74) is 0.230. The van der Waals surface area contributed by atoms with Crippen LogP contribution in [0.15, 0.2) is 24.3 Å². The van der Waals surface area contributed by atoms with Gasteiger partial charge < -0.3 is 14.9 Å². The Bertz CT molecular complexity index is 471. The monoisotopic (exact) mass is 278 g/mol. The van der Waals surface area contributed by atoms with Gasteiger partial charge >= 0.3 is 5.97 Å². The van der Waals surface area contributed by atoms with E-state index < -0.39 is 11.5 Å². The lowest BCUT2D eigenvalue weighted by atomic mass is 9.90. The molecule has 0 aliphatic heterocycles. The standard InChI is InChI=1S/C15H22N2O3/c1-5-10-17(11-18)15(2,14(19)20)12-6-8-13(9-7-12)16(3)4/h6-9,11H,5,10H2,1-4H3,(H,19,20). The third kappa shape index (κ3) is 2.92. The van der Waals surface area contributed by atoms with Gasteiger partial charge in [-0.15, -0.1) is 0 Å². The number of carbonyl (C=O) groups is 2. The number of carboxylic acids is 1. The number of aliphatic carboxylic acids is 1. The van der Waals surface area contributed by atoms with Gasteiger partial charge in [0.1, 0.15) is 0 Å². The summed E-state index contributed by atoms with van der Waals surface area (Å²) in [6, 6.07) is 7.22. The first-order chi connectivity index (χ1) is 9.37. The van der Waals surface area contributed by atoms with E-state index in [0.29, 0.717) is 24.9 Å². The average molecular weight is 278 g/mol. The molecule has 0 aromatic heterocycles. The maximum absolute atomic E-state index is 11.7. The van der Waals surface area contributed by atoms with E-state index in [2.05, 4.69) is 0 Å². The summed E-state index contributed by atoms with van der Waals surface area (Å²) in [6.45, 7) is 3.87. The molecule has 1 rings (SSSR count). The number of amides is 1. The van der Waals surface area contributed by atoms with E-state index in [9.17, 15) is 14.7 Å². The van der Waals surface area contributed by atoms with Crippen LogP contribution in [0, 0.1) is 0 Å². The Morgan fingerprint density at radius 2 is 1.85 bits per heavy atom. The summed E-state index contributed by atoms with van der Waals surface area (Å²) < 4.78 is 0. The smallest absolute Gasteiger partial charge is 0.334 e. The van der Waals surface area contributed by atoms with E-state index in [1.165, 1.54) is 4.90 Å². The van der Waals surface area contributed by atoms with Crippen molar-refractivity contribution in [1.82, 2.24) is 4.90 Å². The van der Waals surface area contributed by atoms with Gasteiger partial charge in [-0.3, -0.25) is 4.79 Å². The summed E-state index contributed by atoms with van der Waals surface area (Å²) in [5.74, 6) is -1.03. The second-order valence-corrected chi connectivity index (χ2v) is 5.12. The SMILES string of the molecule is CCCN(C=O)C(C)(C(=O)O)c1ccc(N(C)C)cc1. The van der Waals surface area contributed by atoms with E-state index in [-0.39, 0.29) is 0 Å². The minimum atomic E-state index is -1.34. The molecule has 1 unspecified atom stereocenters. The summed E-state index contributed by atoms with van der Waals surface area (Å²) in [7, 11) is 3.83. The highest BCUT2D eigenvalue weighted by molar-refractivity contribution is 5.83. The van der Waals surface area contributed by atoms with E-state index in [0.717, 1.165) is 5.69 Å². The molecule has 1 N–H and O–H groups in total. The number of rotatable bonds is 7. The number of nitrogens with zero attached hydrogens (tertiary/aromatic N) is 2. The minimum Gasteiger partial charge on any atom is -0.479 e. The zero-order valence-electron chi connectivity index (χ0n) is 12.5. The molecule has 1 atom stereocenters. The molecule has 0 radical (unpaired) electrons. The Balaban J connectivity index is 3.24. The van der Waals surface area contributed by atoms with Crippen LogP contribution in [0.3, 0.4) is 0 Å². The fraction of sp³-hybridized carbons (Fsp3) is 0.467. The van der Waals surface area contributed by atoms with Gasteiger partial charge in [0, 0.05) is 26.3 Å². The molecule has 1 aromatic carbocycles. The van der Waals surface area contributed by atoms with Gasteiger partial charge in [-0.05, 0) is 31.0 Å². The normalized spacial score (nSPS) is 13.4. The predicted molar refractivity (Wildman–Crippen MR) is 78.8 cm³/mol. The van der Waals surface area contributed by atoms with Gasteiger partial charge in [0.2, 0.25) is 6.41 Å². The van der Waals surface area contributed by atoms with Crippen LogP contribution in [0.2, 0.25) is 0 Å². The largest absolute Gasteiger partial charge is 0.479 e. The van der Waals surface area contributed by atoms with E-state index >= 15 is 0 Å². The Hall–Kier alpha value is -2.04. The first-order valence-electron chi connectivity index (χ1n) is 6.61. The van der Waals surface area contributed by atoms with Gasteiger partial charge in [0.25, 0.3) is 0 Å². The lowest BCUT2D eigenvalue weighted by Gasteiger charge is -2.35. The maximum Gasteiger partial charge on any atom is 0.334 e. The quantitative estimate of drug-likeness (QED) is 0.774. The highest BCUT2D eigenvalue weighted by Gasteiger charge is 2.40.